The zero-order chi connectivity index (χ0) is 17.4. The Bertz CT molecular complexity index is 713. The number of benzene rings is 2. The van der Waals surface area contributed by atoms with Crippen molar-refractivity contribution in [3.05, 3.63) is 63.8 Å². The summed E-state index contributed by atoms with van der Waals surface area (Å²) in [6.45, 7) is 4.53. The van der Waals surface area contributed by atoms with Crippen molar-refractivity contribution in [1.82, 2.24) is 0 Å². The fourth-order valence-electron chi connectivity index (χ4n) is 2.21. The molecule has 0 spiro atoms. The van der Waals surface area contributed by atoms with Crippen molar-refractivity contribution < 1.29 is 19.0 Å². The summed E-state index contributed by atoms with van der Waals surface area (Å²) in [5.41, 5.74) is 1.65. The number of halogens is 1. The molecule has 0 N–H and O–H groups in total. The molecule has 0 heterocycles. The van der Waals surface area contributed by atoms with Crippen LogP contribution in [0, 0.1) is 3.57 Å². The number of para-hydroxylation sites is 1. The molecule has 4 nitrogen and oxygen atoms in total. The number of aldehydes is 1. The zero-order valence-corrected chi connectivity index (χ0v) is 15.6. The minimum absolute atomic E-state index is 0.370. The van der Waals surface area contributed by atoms with E-state index in [0.29, 0.717) is 30.3 Å². The number of ether oxygens (including phenoxy) is 3. The van der Waals surface area contributed by atoms with Gasteiger partial charge in [0.05, 0.1) is 10.7 Å². The molecule has 2 aromatic carbocycles. The molecule has 5 heteroatoms. The molecule has 0 aliphatic rings. The Morgan fingerprint density at radius 1 is 1.12 bits per heavy atom. The fraction of sp³-hybridized carbons (Fsp3) is 0.211. The van der Waals surface area contributed by atoms with Crippen molar-refractivity contribution in [1.29, 1.82) is 0 Å². The molecular weight excluding hydrogens is 419 g/mol. The standard InChI is InChI=1S/C19H19IO4/c1-3-6-15-7-4-5-8-17(15)23-9-10-24-19-16(20)11-14(13-21)12-18(19)22-2/h3-5,7-8,11-13H,1,6,9-10H2,2H3. The van der Waals surface area contributed by atoms with Gasteiger partial charge in [-0.05, 0) is 52.8 Å². The quantitative estimate of drug-likeness (QED) is 0.254. The second-order valence-corrected chi connectivity index (χ2v) is 6.11. The van der Waals surface area contributed by atoms with Gasteiger partial charge in [-0.3, -0.25) is 4.79 Å². The number of rotatable bonds is 9. The van der Waals surface area contributed by atoms with E-state index in [-0.39, 0.29) is 0 Å². The third-order valence-corrected chi connectivity index (χ3v) is 4.11. The normalized spacial score (nSPS) is 10.1. The van der Waals surface area contributed by atoms with Crippen molar-refractivity contribution in [2.45, 2.75) is 6.42 Å². The largest absolute Gasteiger partial charge is 0.493 e. The van der Waals surface area contributed by atoms with E-state index in [4.69, 9.17) is 14.2 Å². The van der Waals surface area contributed by atoms with Crippen molar-refractivity contribution >= 4 is 28.9 Å². The van der Waals surface area contributed by atoms with Gasteiger partial charge in [0, 0.05) is 5.56 Å². The molecule has 0 saturated heterocycles. The Balaban J connectivity index is 1.98. The number of allylic oxidation sites excluding steroid dienone is 1. The number of methoxy groups -OCH3 is 1. The van der Waals surface area contributed by atoms with Crippen LogP contribution in [0.25, 0.3) is 0 Å². The smallest absolute Gasteiger partial charge is 0.174 e. The molecule has 126 valence electrons. The van der Waals surface area contributed by atoms with Crippen molar-refractivity contribution in [2.24, 2.45) is 0 Å². The average molecular weight is 438 g/mol. The first kappa shape index (κ1) is 18.3. The van der Waals surface area contributed by atoms with Gasteiger partial charge in [0.15, 0.2) is 11.5 Å². The molecule has 0 aromatic heterocycles. The van der Waals surface area contributed by atoms with E-state index in [1.54, 1.807) is 19.2 Å². The van der Waals surface area contributed by atoms with E-state index < -0.39 is 0 Å². The van der Waals surface area contributed by atoms with E-state index in [1.807, 2.05) is 30.3 Å². The molecule has 0 aliphatic carbocycles. The molecule has 0 unspecified atom stereocenters. The maximum atomic E-state index is 10.9. The second kappa shape index (κ2) is 9.32. The first-order valence-electron chi connectivity index (χ1n) is 7.46. The summed E-state index contributed by atoms with van der Waals surface area (Å²) in [6.07, 6.45) is 3.39. The highest BCUT2D eigenvalue weighted by molar-refractivity contribution is 14.1. The van der Waals surface area contributed by atoms with Crippen LogP contribution in [0.15, 0.2) is 49.1 Å². The van der Waals surface area contributed by atoms with Gasteiger partial charge in [-0.15, -0.1) is 6.58 Å². The molecule has 0 amide bonds. The Hall–Kier alpha value is -2.02. The van der Waals surface area contributed by atoms with E-state index in [9.17, 15) is 4.79 Å². The van der Waals surface area contributed by atoms with Crippen LogP contribution in [0.2, 0.25) is 0 Å². The Morgan fingerprint density at radius 2 is 1.88 bits per heavy atom. The second-order valence-electron chi connectivity index (χ2n) is 4.95. The summed E-state index contributed by atoms with van der Waals surface area (Å²) in [5.74, 6) is 1.99. The maximum absolute atomic E-state index is 10.9. The maximum Gasteiger partial charge on any atom is 0.174 e. The molecule has 0 radical (unpaired) electrons. The van der Waals surface area contributed by atoms with Gasteiger partial charge >= 0.3 is 0 Å². The van der Waals surface area contributed by atoms with Crippen LogP contribution in [0.3, 0.4) is 0 Å². The SMILES string of the molecule is C=CCc1ccccc1OCCOc1c(I)cc(C=O)cc1OC. The van der Waals surface area contributed by atoms with E-state index >= 15 is 0 Å². The third kappa shape index (κ3) is 4.74. The minimum Gasteiger partial charge on any atom is -0.493 e. The van der Waals surface area contributed by atoms with Crippen LogP contribution < -0.4 is 14.2 Å². The summed E-state index contributed by atoms with van der Waals surface area (Å²) in [6, 6.07) is 11.3. The number of carbonyl (C=O) groups is 1. The van der Waals surface area contributed by atoms with E-state index in [1.165, 1.54) is 0 Å². The fourth-order valence-corrected chi connectivity index (χ4v) is 2.99. The summed E-state index contributed by atoms with van der Waals surface area (Å²) in [5, 5.41) is 0. The van der Waals surface area contributed by atoms with Crippen LogP contribution in [-0.4, -0.2) is 26.6 Å². The highest BCUT2D eigenvalue weighted by Gasteiger charge is 2.11. The lowest BCUT2D eigenvalue weighted by atomic mass is 10.1. The Kier molecular flexibility index (Phi) is 7.11. The number of hydrogen-bond acceptors (Lipinski definition) is 4. The van der Waals surface area contributed by atoms with Gasteiger partial charge < -0.3 is 14.2 Å². The van der Waals surface area contributed by atoms with E-state index in [0.717, 1.165) is 27.6 Å². The predicted octanol–water partition coefficient (Wildman–Crippen LogP) is 4.30. The van der Waals surface area contributed by atoms with Crippen LogP contribution in [0.1, 0.15) is 15.9 Å². The third-order valence-electron chi connectivity index (χ3n) is 3.31. The predicted molar refractivity (Wildman–Crippen MR) is 102 cm³/mol. The van der Waals surface area contributed by atoms with Gasteiger partial charge in [-0.2, -0.15) is 0 Å². The topological polar surface area (TPSA) is 44.8 Å². The summed E-state index contributed by atoms with van der Waals surface area (Å²) in [7, 11) is 1.55. The van der Waals surface area contributed by atoms with Gasteiger partial charge in [0.1, 0.15) is 25.2 Å². The van der Waals surface area contributed by atoms with Crippen molar-refractivity contribution in [3.8, 4) is 17.2 Å². The molecule has 0 atom stereocenters. The highest BCUT2D eigenvalue weighted by atomic mass is 127. The molecule has 0 bridgehead atoms. The molecule has 2 aromatic rings. The lowest BCUT2D eigenvalue weighted by Gasteiger charge is -2.14. The monoisotopic (exact) mass is 438 g/mol. The molecule has 0 fully saturated rings. The van der Waals surface area contributed by atoms with Crippen LogP contribution in [0.5, 0.6) is 17.2 Å². The highest BCUT2D eigenvalue weighted by Crippen LogP contribution is 2.33. The zero-order valence-electron chi connectivity index (χ0n) is 13.5. The summed E-state index contributed by atoms with van der Waals surface area (Å²) in [4.78, 5) is 10.9. The molecule has 0 aliphatic heterocycles. The lowest BCUT2D eigenvalue weighted by Crippen LogP contribution is -2.11. The molecule has 2 rings (SSSR count). The molecule has 24 heavy (non-hydrogen) atoms. The lowest BCUT2D eigenvalue weighted by molar-refractivity contribution is 0.112. The van der Waals surface area contributed by atoms with Crippen LogP contribution in [-0.2, 0) is 6.42 Å². The average Bonchev–Trinajstić information content (AvgIpc) is 2.60. The summed E-state index contributed by atoms with van der Waals surface area (Å²) >= 11 is 2.12. The number of hydrogen-bond donors (Lipinski definition) is 0. The van der Waals surface area contributed by atoms with Crippen LogP contribution in [0.4, 0.5) is 0 Å². The minimum atomic E-state index is 0.370. The van der Waals surface area contributed by atoms with Crippen molar-refractivity contribution in [3.63, 3.8) is 0 Å². The first-order valence-corrected chi connectivity index (χ1v) is 8.54. The van der Waals surface area contributed by atoms with Gasteiger partial charge in [0.25, 0.3) is 0 Å². The van der Waals surface area contributed by atoms with Crippen molar-refractivity contribution in [2.75, 3.05) is 20.3 Å². The first-order chi connectivity index (χ1) is 11.7. The van der Waals surface area contributed by atoms with E-state index in [2.05, 4.69) is 29.2 Å². The van der Waals surface area contributed by atoms with Crippen LogP contribution >= 0.6 is 22.6 Å². The van der Waals surface area contributed by atoms with Gasteiger partial charge in [-0.1, -0.05) is 24.3 Å². The van der Waals surface area contributed by atoms with Gasteiger partial charge in [0.2, 0.25) is 0 Å². The summed E-state index contributed by atoms with van der Waals surface area (Å²) < 4.78 is 17.7. The molecular formula is C19H19IO4. The Morgan fingerprint density at radius 3 is 2.58 bits per heavy atom. The number of carbonyl (C=O) groups excluding carboxylic acids is 1. The Labute approximate surface area is 155 Å². The van der Waals surface area contributed by atoms with Gasteiger partial charge in [-0.25, -0.2) is 0 Å². The molecule has 0 saturated carbocycles.